The fraction of sp³-hybridized carbons (Fsp3) is 0.391. The molecule has 0 radical (unpaired) electrons. The van der Waals surface area contributed by atoms with E-state index in [0.717, 1.165) is 24.2 Å². The maximum atomic E-state index is 13.4. The number of nitrogens with zero attached hydrogens (tertiary/aromatic N) is 2. The zero-order valence-corrected chi connectivity index (χ0v) is 17.9. The van der Waals surface area contributed by atoms with Crippen molar-refractivity contribution in [2.24, 2.45) is 4.99 Å². The van der Waals surface area contributed by atoms with Crippen molar-refractivity contribution in [3.63, 3.8) is 0 Å². The maximum Gasteiger partial charge on any atom is 0.337 e. The summed E-state index contributed by atoms with van der Waals surface area (Å²) in [7, 11) is 3.08. The van der Waals surface area contributed by atoms with Gasteiger partial charge in [0.1, 0.15) is 5.82 Å². The number of hydrogen-bond acceptors (Lipinski definition) is 5. The van der Waals surface area contributed by atoms with Crippen LogP contribution in [0.5, 0.6) is 0 Å². The first-order valence-electron chi connectivity index (χ1n) is 10.3. The van der Waals surface area contributed by atoms with Crippen molar-refractivity contribution >= 4 is 11.9 Å². The molecule has 166 valence electrons. The molecular formula is C23H29FN4O3. The molecule has 1 aliphatic rings. The Kier molecular flexibility index (Phi) is 8.37. The highest BCUT2D eigenvalue weighted by Gasteiger charge is 2.23. The van der Waals surface area contributed by atoms with Crippen molar-refractivity contribution < 1.29 is 18.7 Å². The molecule has 3 rings (SSSR count). The van der Waals surface area contributed by atoms with E-state index in [1.807, 2.05) is 24.3 Å². The zero-order valence-electron chi connectivity index (χ0n) is 17.9. The van der Waals surface area contributed by atoms with Gasteiger partial charge in [-0.2, -0.15) is 0 Å². The molecule has 1 heterocycles. The highest BCUT2D eigenvalue weighted by atomic mass is 19.1. The minimum Gasteiger partial charge on any atom is -0.465 e. The van der Waals surface area contributed by atoms with Gasteiger partial charge in [0.05, 0.1) is 31.9 Å². The third-order valence-electron chi connectivity index (χ3n) is 5.26. The third-order valence-corrected chi connectivity index (χ3v) is 5.26. The van der Waals surface area contributed by atoms with Gasteiger partial charge in [0.25, 0.3) is 0 Å². The van der Waals surface area contributed by atoms with Crippen LogP contribution in [0.2, 0.25) is 0 Å². The lowest BCUT2D eigenvalue weighted by Crippen LogP contribution is -2.46. The summed E-state index contributed by atoms with van der Waals surface area (Å²) >= 11 is 0. The first kappa shape index (κ1) is 22.7. The first-order chi connectivity index (χ1) is 15.1. The molecule has 2 N–H and O–H groups in total. The number of carbonyl (C=O) groups excluding carboxylic acids is 1. The molecule has 1 saturated heterocycles. The summed E-state index contributed by atoms with van der Waals surface area (Å²) in [4.78, 5) is 18.2. The van der Waals surface area contributed by atoms with E-state index in [1.165, 1.54) is 19.2 Å². The largest absolute Gasteiger partial charge is 0.465 e. The SMILES string of the molecule is CN=C(NCc1ccc(C(=O)OC)cc1)NCC(c1ccc(F)cc1)N1CCOCC1. The Hall–Kier alpha value is -2.97. The minimum atomic E-state index is -0.355. The van der Waals surface area contributed by atoms with Crippen molar-refractivity contribution in [1.29, 1.82) is 0 Å². The van der Waals surface area contributed by atoms with Gasteiger partial charge in [0.2, 0.25) is 0 Å². The van der Waals surface area contributed by atoms with Gasteiger partial charge >= 0.3 is 5.97 Å². The molecule has 2 aromatic carbocycles. The molecule has 1 fully saturated rings. The van der Waals surface area contributed by atoms with Gasteiger partial charge < -0.3 is 20.1 Å². The Bertz CT molecular complexity index is 865. The molecule has 0 amide bonds. The van der Waals surface area contributed by atoms with Crippen LogP contribution in [-0.2, 0) is 16.0 Å². The fourth-order valence-corrected chi connectivity index (χ4v) is 3.51. The van der Waals surface area contributed by atoms with Crippen LogP contribution in [0.3, 0.4) is 0 Å². The number of esters is 1. The summed E-state index contributed by atoms with van der Waals surface area (Å²) in [6.07, 6.45) is 0. The Morgan fingerprint density at radius 3 is 2.42 bits per heavy atom. The summed E-state index contributed by atoms with van der Waals surface area (Å²) in [6.45, 7) is 4.19. The quantitative estimate of drug-likeness (QED) is 0.401. The van der Waals surface area contributed by atoms with Crippen molar-refractivity contribution in [2.45, 2.75) is 12.6 Å². The molecule has 0 spiro atoms. The average molecular weight is 429 g/mol. The van der Waals surface area contributed by atoms with Gasteiger partial charge in [-0.1, -0.05) is 24.3 Å². The van der Waals surface area contributed by atoms with Gasteiger partial charge in [-0.3, -0.25) is 9.89 Å². The topological polar surface area (TPSA) is 75.2 Å². The smallest absolute Gasteiger partial charge is 0.337 e. The lowest BCUT2D eigenvalue weighted by atomic mass is 10.0. The third kappa shape index (κ3) is 6.50. The summed E-state index contributed by atoms with van der Waals surface area (Å²) in [5.74, 6) is 0.0671. The predicted molar refractivity (Wildman–Crippen MR) is 118 cm³/mol. The molecule has 1 unspecified atom stereocenters. The van der Waals surface area contributed by atoms with Gasteiger partial charge in [-0.15, -0.1) is 0 Å². The monoisotopic (exact) mass is 428 g/mol. The molecular weight excluding hydrogens is 399 g/mol. The van der Waals surface area contributed by atoms with Gasteiger partial charge in [-0.25, -0.2) is 9.18 Å². The second-order valence-corrected chi connectivity index (χ2v) is 7.21. The van der Waals surface area contributed by atoms with E-state index in [4.69, 9.17) is 9.47 Å². The van der Waals surface area contributed by atoms with Crippen LogP contribution in [0.1, 0.15) is 27.5 Å². The van der Waals surface area contributed by atoms with Crippen LogP contribution in [0, 0.1) is 5.82 Å². The number of nitrogens with one attached hydrogen (secondary N) is 2. The lowest BCUT2D eigenvalue weighted by molar-refractivity contribution is 0.0170. The lowest BCUT2D eigenvalue weighted by Gasteiger charge is -2.35. The summed E-state index contributed by atoms with van der Waals surface area (Å²) < 4.78 is 23.6. The second kappa shape index (κ2) is 11.4. The minimum absolute atomic E-state index is 0.0717. The molecule has 1 atom stereocenters. The fourth-order valence-electron chi connectivity index (χ4n) is 3.51. The number of morpholine rings is 1. The van der Waals surface area contributed by atoms with Gasteiger partial charge in [-0.05, 0) is 35.4 Å². The number of guanidine groups is 1. The highest BCUT2D eigenvalue weighted by molar-refractivity contribution is 5.89. The van der Waals surface area contributed by atoms with Crippen molar-refractivity contribution in [3.8, 4) is 0 Å². The molecule has 1 aliphatic heterocycles. The van der Waals surface area contributed by atoms with Crippen LogP contribution in [-0.4, -0.2) is 63.8 Å². The predicted octanol–water partition coefficient (Wildman–Crippen LogP) is 2.35. The number of rotatable bonds is 7. The Labute approximate surface area is 182 Å². The van der Waals surface area contributed by atoms with E-state index < -0.39 is 0 Å². The molecule has 31 heavy (non-hydrogen) atoms. The van der Waals surface area contributed by atoms with E-state index in [2.05, 4.69) is 20.5 Å². The van der Waals surface area contributed by atoms with Crippen molar-refractivity contribution in [2.75, 3.05) is 47.0 Å². The van der Waals surface area contributed by atoms with Crippen LogP contribution < -0.4 is 10.6 Å². The van der Waals surface area contributed by atoms with E-state index in [9.17, 15) is 9.18 Å². The molecule has 0 bridgehead atoms. The van der Waals surface area contributed by atoms with E-state index in [1.54, 1.807) is 19.2 Å². The van der Waals surface area contributed by atoms with Gasteiger partial charge in [0, 0.05) is 33.2 Å². The number of benzene rings is 2. The summed E-state index contributed by atoms with van der Waals surface area (Å²) in [6, 6.07) is 13.9. The molecule has 8 heteroatoms. The van der Waals surface area contributed by atoms with Crippen LogP contribution >= 0.6 is 0 Å². The number of aliphatic imine (C=N–C) groups is 1. The molecule has 0 saturated carbocycles. The number of ether oxygens (including phenoxy) is 2. The van der Waals surface area contributed by atoms with E-state index >= 15 is 0 Å². The van der Waals surface area contributed by atoms with Crippen molar-refractivity contribution in [3.05, 3.63) is 71.0 Å². The highest BCUT2D eigenvalue weighted by Crippen LogP contribution is 2.21. The average Bonchev–Trinajstić information content (AvgIpc) is 2.82. The normalized spacial score (nSPS) is 15.9. The zero-order chi connectivity index (χ0) is 22.1. The standard InChI is InChI=1S/C23H29FN4O3/c1-25-23(26-15-17-3-5-19(6-4-17)22(29)30-2)27-16-21(28-11-13-31-14-12-28)18-7-9-20(24)10-8-18/h3-10,21H,11-16H2,1-2H3,(H2,25,26,27). The van der Waals surface area contributed by atoms with Crippen molar-refractivity contribution in [1.82, 2.24) is 15.5 Å². The summed E-state index contributed by atoms with van der Waals surface area (Å²) in [5.41, 5.74) is 2.57. The maximum absolute atomic E-state index is 13.4. The Morgan fingerprint density at radius 1 is 1.13 bits per heavy atom. The number of methoxy groups -OCH3 is 1. The number of hydrogen-bond donors (Lipinski definition) is 2. The summed E-state index contributed by atoms with van der Waals surface area (Å²) in [5, 5.41) is 6.66. The second-order valence-electron chi connectivity index (χ2n) is 7.21. The number of halogens is 1. The first-order valence-corrected chi connectivity index (χ1v) is 10.3. The van der Waals surface area contributed by atoms with E-state index in [-0.39, 0.29) is 17.8 Å². The molecule has 2 aromatic rings. The van der Waals surface area contributed by atoms with Crippen LogP contribution in [0.4, 0.5) is 4.39 Å². The van der Waals surface area contributed by atoms with Crippen LogP contribution in [0.15, 0.2) is 53.5 Å². The number of carbonyl (C=O) groups is 1. The van der Waals surface area contributed by atoms with E-state index in [0.29, 0.717) is 37.8 Å². The van der Waals surface area contributed by atoms with Gasteiger partial charge in [0.15, 0.2) is 5.96 Å². The molecule has 7 nitrogen and oxygen atoms in total. The Balaban J connectivity index is 1.59. The molecule has 0 aliphatic carbocycles. The van der Waals surface area contributed by atoms with Crippen LogP contribution in [0.25, 0.3) is 0 Å². The Morgan fingerprint density at radius 2 is 1.81 bits per heavy atom. The molecule has 0 aromatic heterocycles.